The Balaban J connectivity index is 0.00000176. The Kier molecular flexibility index (Phi) is 6.08. The summed E-state index contributed by atoms with van der Waals surface area (Å²) in [5.74, 6) is 0.789. The molecule has 0 saturated heterocycles. The van der Waals surface area contributed by atoms with E-state index in [0.717, 1.165) is 31.5 Å². The third-order valence-electron chi connectivity index (χ3n) is 2.67. The molecule has 0 bridgehead atoms. The first-order valence-electron chi connectivity index (χ1n) is 6.29. The molecular weight excluding hydrogens is 357 g/mol. The number of thiazole rings is 1. The molecule has 114 valence electrons. The van der Waals surface area contributed by atoms with Crippen molar-refractivity contribution in [2.24, 2.45) is 0 Å². The Morgan fingerprint density at radius 2 is 1.91 bits per heavy atom. The minimum absolute atomic E-state index is 0. The van der Waals surface area contributed by atoms with Gasteiger partial charge in [-0.1, -0.05) is 35.5 Å². The second-order valence-electron chi connectivity index (χ2n) is 4.30. The van der Waals surface area contributed by atoms with Gasteiger partial charge in [0.2, 0.25) is 0 Å². The number of hydrogen-bond donors (Lipinski definition) is 1. The van der Waals surface area contributed by atoms with Crippen molar-refractivity contribution >= 4 is 58.1 Å². The van der Waals surface area contributed by atoms with Crippen molar-refractivity contribution in [3.8, 4) is 0 Å². The van der Waals surface area contributed by atoms with Gasteiger partial charge >= 0.3 is 0 Å². The van der Waals surface area contributed by atoms with E-state index >= 15 is 0 Å². The van der Waals surface area contributed by atoms with Crippen LogP contribution in [-0.2, 0) is 0 Å². The fourth-order valence-electron chi connectivity index (χ4n) is 1.73. The minimum Gasteiger partial charge on any atom is -0.315 e. The van der Waals surface area contributed by atoms with Crippen LogP contribution in [0.3, 0.4) is 0 Å². The van der Waals surface area contributed by atoms with Gasteiger partial charge in [0.25, 0.3) is 0 Å². The van der Waals surface area contributed by atoms with Crippen LogP contribution in [0.4, 0.5) is 10.9 Å². The van der Waals surface area contributed by atoms with E-state index in [1.54, 1.807) is 29.3 Å². The van der Waals surface area contributed by atoms with Gasteiger partial charge in [-0.25, -0.2) is 9.97 Å². The Morgan fingerprint density at radius 1 is 1.14 bits per heavy atom. The zero-order valence-electron chi connectivity index (χ0n) is 11.6. The molecule has 1 N–H and O–H groups in total. The summed E-state index contributed by atoms with van der Waals surface area (Å²) in [4.78, 5) is 10.8. The zero-order valence-corrected chi connectivity index (χ0v) is 14.8. The fraction of sp³-hybridized carbons (Fsp3) is 0.0667. The van der Waals surface area contributed by atoms with Gasteiger partial charge in [0.15, 0.2) is 5.13 Å². The smallest absolute Gasteiger partial charge is 0.188 e. The molecule has 3 nitrogen and oxygen atoms in total. The van der Waals surface area contributed by atoms with Crippen LogP contribution >= 0.6 is 47.1 Å². The van der Waals surface area contributed by atoms with Gasteiger partial charge in [-0.05, 0) is 31.2 Å². The van der Waals surface area contributed by atoms with Crippen LogP contribution in [0.5, 0.6) is 0 Å². The molecule has 0 fully saturated rings. The summed E-state index contributed by atoms with van der Waals surface area (Å²) in [6, 6.07) is 11.7. The molecule has 1 aromatic carbocycles. The topological polar surface area (TPSA) is 37.8 Å². The van der Waals surface area contributed by atoms with Crippen LogP contribution in [0, 0.1) is 6.92 Å². The van der Waals surface area contributed by atoms with E-state index in [0.29, 0.717) is 0 Å². The van der Waals surface area contributed by atoms with Crippen LogP contribution in [-0.4, -0.2) is 9.97 Å². The number of halogens is 2. The molecule has 0 spiro atoms. The number of benzene rings is 1. The number of pyridine rings is 1. The number of aryl methyl sites for hydroxylation is 1. The highest BCUT2D eigenvalue weighted by Gasteiger charge is 2.09. The van der Waals surface area contributed by atoms with E-state index in [1.807, 2.05) is 48.7 Å². The van der Waals surface area contributed by atoms with Gasteiger partial charge in [0, 0.05) is 16.5 Å². The Hall–Kier alpha value is -1.27. The van der Waals surface area contributed by atoms with Gasteiger partial charge in [0.1, 0.15) is 5.82 Å². The predicted molar refractivity (Wildman–Crippen MR) is 97.2 cm³/mol. The molecule has 0 aliphatic heterocycles. The van der Waals surface area contributed by atoms with E-state index in [1.165, 1.54) is 0 Å². The first kappa shape index (κ1) is 17.1. The van der Waals surface area contributed by atoms with Crippen molar-refractivity contribution in [2.75, 3.05) is 5.32 Å². The molecule has 0 radical (unpaired) electrons. The lowest BCUT2D eigenvalue weighted by Crippen LogP contribution is -1.95. The maximum Gasteiger partial charge on any atom is 0.188 e. The summed E-state index contributed by atoms with van der Waals surface area (Å²) in [5, 5.41) is 6.85. The Morgan fingerprint density at radius 3 is 2.64 bits per heavy atom. The van der Waals surface area contributed by atoms with Crippen molar-refractivity contribution in [1.82, 2.24) is 9.97 Å². The molecule has 0 saturated carbocycles. The van der Waals surface area contributed by atoms with Crippen molar-refractivity contribution < 1.29 is 0 Å². The molecular formula is C15H13Cl2N3S2. The molecule has 0 aliphatic rings. The number of nitrogens with one attached hydrogen (secondary N) is 1. The highest BCUT2D eigenvalue weighted by Crippen LogP contribution is 2.37. The SMILES string of the molecule is Cc1csc(Nc2ncccc2Sc2ccccc2Cl)n1.Cl. The van der Waals surface area contributed by atoms with Crippen molar-refractivity contribution in [2.45, 2.75) is 16.7 Å². The van der Waals surface area contributed by atoms with Gasteiger partial charge in [0.05, 0.1) is 15.6 Å². The third kappa shape index (κ3) is 4.14. The van der Waals surface area contributed by atoms with Crippen LogP contribution in [0.1, 0.15) is 5.69 Å². The number of anilines is 2. The van der Waals surface area contributed by atoms with Gasteiger partial charge in [-0.2, -0.15) is 0 Å². The quantitative estimate of drug-likeness (QED) is 0.628. The lowest BCUT2D eigenvalue weighted by molar-refractivity contribution is 1.20. The average molecular weight is 370 g/mol. The van der Waals surface area contributed by atoms with E-state index in [2.05, 4.69) is 15.3 Å². The molecule has 7 heteroatoms. The number of hydrogen-bond acceptors (Lipinski definition) is 5. The highest BCUT2D eigenvalue weighted by molar-refractivity contribution is 7.99. The van der Waals surface area contributed by atoms with Gasteiger partial charge in [-0.3, -0.25) is 0 Å². The minimum atomic E-state index is 0. The van der Waals surface area contributed by atoms with Crippen LogP contribution in [0.15, 0.2) is 57.8 Å². The molecule has 0 unspecified atom stereocenters. The second kappa shape index (κ2) is 7.83. The summed E-state index contributed by atoms with van der Waals surface area (Å²) in [6.07, 6.45) is 1.76. The maximum atomic E-state index is 6.22. The molecule has 2 heterocycles. The second-order valence-corrected chi connectivity index (χ2v) is 6.65. The normalized spacial score (nSPS) is 10.1. The van der Waals surface area contributed by atoms with E-state index < -0.39 is 0 Å². The standard InChI is InChI=1S/C15H12ClN3S2.ClH/c1-10-9-20-15(18-10)19-14-13(7-4-8-17-14)21-12-6-3-2-5-11(12)16;/h2-9H,1H3,(H,17,18,19);1H. The number of nitrogens with zero attached hydrogens (tertiary/aromatic N) is 2. The van der Waals surface area contributed by atoms with Crippen LogP contribution in [0.2, 0.25) is 5.02 Å². The van der Waals surface area contributed by atoms with Crippen molar-refractivity contribution in [1.29, 1.82) is 0 Å². The first-order valence-corrected chi connectivity index (χ1v) is 8.36. The van der Waals surface area contributed by atoms with Crippen LogP contribution < -0.4 is 5.32 Å². The molecule has 3 aromatic rings. The molecule has 22 heavy (non-hydrogen) atoms. The van der Waals surface area contributed by atoms with Crippen molar-refractivity contribution in [3.05, 3.63) is 58.7 Å². The highest BCUT2D eigenvalue weighted by atomic mass is 35.5. The zero-order chi connectivity index (χ0) is 14.7. The average Bonchev–Trinajstić information content (AvgIpc) is 2.89. The van der Waals surface area contributed by atoms with Crippen LogP contribution in [0.25, 0.3) is 0 Å². The van der Waals surface area contributed by atoms with E-state index in [9.17, 15) is 0 Å². The van der Waals surface area contributed by atoms with Crippen molar-refractivity contribution in [3.63, 3.8) is 0 Å². The summed E-state index contributed by atoms with van der Waals surface area (Å²) in [7, 11) is 0. The molecule has 0 amide bonds. The van der Waals surface area contributed by atoms with Gasteiger partial charge < -0.3 is 5.32 Å². The summed E-state index contributed by atoms with van der Waals surface area (Å²) < 4.78 is 0. The van der Waals surface area contributed by atoms with E-state index in [4.69, 9.17) is 11.6 Å². The summed E-state index contributed by atoms with van der Waals surface area (Å²) in [5.41, 5.74) is 0.999. The fourth-order valence-corrected chi connectivity index (χ4v) is 3.56. The largest absolute Gasteiger partial charge is 0.315 e. The molecule has 3 rings (SSSR count). The summed E-state index contributed by atoms with van der Waals surface area (Å²) in [6.45, 7) is 1.97. The lowest BCUT2D eigenvalue weighted by Gasteiger charge is -2.09. The maximum absolute atomic E-state index is 6.22. The lowest BCUT2D eigenvalue weighted by atomic mass is 10.4. The first-order chi connectivity index (χ1) is 10.2. The Labute approximate surface area is 148 Å². The van der Waals surface area contributed by atoms with E-state index in [-0.39, 0.29) is 12.4 Å². The monoisotopic (exact) mass is 369 g/mol. The summed E-state index contributed by atoms with van der Waals surface area (Å²) >= 11 is 9.37. The van der Waals surface area contributed by atoms with Gasteiger partial charge in [-0.15, -0.1) is 23.7 Å². The molecule has 0 aliphatic carbocycles. The number of rotatable bonds is 4. The number of aromatic nitrogens is 2. The molecule has 0 atom stereocenters. The molecule has 2 aromatic heterocycles. The predicted octanol–water partition coefficient (Wildman–Crippen LogP) is 5.82. The third-order valence-corrected chi connectivity index (χ3v) is 5.11. The Bertz CT molecular complexity index is 762.